The van der Waals surface area contributed by atoms with Crippen LogP contribution in [0.15, 0.2) is 34.1 Å². The number of hydrogen-bond donors (Lipinski definition) is 1. The molecule has 1 aromatic heterocycles. The van der Waals surface area contributed by atoms with Crippen molar-refractivity contribution in [2.75, 3.05) is 6.54 Å². The van der Waals surface area contributed by atoms with Crippen LogP contribution < -0.4 is 10.1 Å². The molecule has 0 saturated heterocycles. The average molecular weight is 368 g/mol. The third-order valence-electron chi connectivity index (χ3n) is 3.08. The summed E-state index contributed by atoms with van der Waals surface area (Å²) in [4.78, 5) is 1.23. The minimum Gasteiger partial charge on any atom is -0.488 e. The Labute approximate surface area is 139 Å². The topological polar surface area (TPSA) is 21.3 Å². The van der Waals surface area contributed by atoms with Crippen LogP contribution in [0.25, 0.3) is 0 Å². The van der Waals surface area contributed by atoms with Gasteiger partial charge in [0.1, 0.15) is 12.4 Å². The molecule has 0 bridgehead atoms. The molecule has 0 aliphatic carbocycles. The number of benzene rings is 1. The van der Waals surface area contributed by atoms with Gasteiger partial charge in [-0.25, -0.2) is 0 Å². The maximum atomic E-state index is 6.00. The van der Waals surface area contributed by atoms with Crippen molar-refractivity contribution in [1.82, 2.24) is 5.32 Å². The van der Waals surface area contributed by atoms with Gasteiger partial charge in [0.05, 0.1) is 3.79 Å². The number of ether oxygens (including phenoxy) is 1. The quantitative estimate of drug-likeness (QED) is 0.730. The molecule has 1 heterocycles. The molecule has 0 spiro atoms. The van der Waals surface area contributed by atoms with Crippen molar-refractivity contribution in [3.05, 3.63) is 50.1 Å². The summed E-state index contributed by atoms with van der Waals surface area (Å²) in [5.74, 6) is 1.63. The molecule has 21 heavy (non-hydrogen) atoms. The largest absolute Gasteiger partial charge is 0.488 e. The molecule has 0 atom stereocenters. The van der Waals surface area contributed by atoms with E-state index in [1.807, 2.05) is 0 Å². The summed E-state index contributed by atoms with van der Waals surface area (Å²) >= 11 is 5.20. The van der Waals surface area contributed by atoms with Crippen LogP contribution in [-0.4, -0.2) is 6.54 Å². The van der Waals surface area contributed by atoms with Crippen LogP contribution in [0.5, 0.6) is 5.75 Å². The molecule has 2 nitrogen and oxygen atoms in total. The van der Waals surface area contributed by atoms with Gasteiger partial charge in [0.25, 0.3) is 0 Å². The lowest BCUT2D eigenvalue weighted by atomic mass is 10.1. The Morgan fingerprint density at radius 2 is 2.05 bits per heavy atom. The zero-order valence-corrected chi connectivity index (χ0v) is 15.2. The Hall–Kier alpha value is -0.840. The number of nitrogens with one attached hydrogen (secondary N) is 1. The van der Waals surface area contributed by atoms with E-state index >= 15 is 0 Å². The van der Waals surface area contributed by atoms with Gasteiger partial charge in [0.2, 0.25) is 0 Å². The molecular formula is C17H22BrNOS. The van der Waals surface area contributed by atoms with E-state index in [2.05, 4.69) is 72.3 Å². The van der Waals surface area contributed by atoms with Crippen molar-refractivity contribution in [3.8, 4) is 5.75 Å². The number of thiophene rings is 1. The second-order valence-corrected chi connectivity index (χ2v) is 8.18. The first kappa shape index (κ1) is 16.5. The average Bonchev–Trinajstić information content (AvgIpc) is 2.83. The van der Waals surface area contributed by atoms with Crippen molar-refractivity contribution >= 4 is 27.3 Å². The van der Waals surface area contributed by atoms with Crippen molar-refractivity contribution in [1.29, 1.82) is 0 Å². The summed E-state index contributed by atoms with van der Waals surface area (Å²) < 4.78 is 7.14. The Kier molecular flexibility index (Phi) is 6.27. The first-order chi connectivity index (χ1) is 10.0. The summed E-state index contributed by atoms with van der Waals surface area (Å²) in [5, 5.41) is 3.49. The van der Waals surface area contributed by atoms with Crippen LogP contribution in [0.1, 0.15) is 29.9 Å². The molecule has 0 aliphatic heterocycles. The van der Waals surface area contributed by atoms with Crippen molar-refractivity contribution in [2.45, 2.75) is 33.9 Å². The standard InChI is InChI=1S/C17H22BrNOS/c1-12(2)9-19-10-14-8-13(3)4-6-16(14)20-11-15-5-7-17(18)21-15/h4-8,12,19H,9-11H2,1-3H3. The molecule has 0 saturated carbocycles. The molecule has 2 aromatic rings. The zero-order valence-electron chi connectivity index (χ0n) is 12.8. The van der Waals surface area contributed by atoms with E-state index < -0.39 is 0 Å². The second kappa shape index (κ2) is 7.97. The summed E-state index contributed by atoms with van der Waals surface area (Å²) in [6.45, 7) is 9.04. The third kappa shape index (κ3) is 5.46. The summed E-state index contributed by atoms with van der Waals surface area (Å²) in [6, 6.07) is 10.5. The summed E-state index contributed by atoms with van der Waals surface area (Å²) in [7, 11) is 0. The van der Waals surface area contributed by atoms with Crippen LogP contribution >= 0.6 is 27.3 Å². The number of hydrogen-bond acceptors (Lipinski definition) is 3. The molecule has 2 rings (SSSR count). The molecule has 0 amide bonds. The third-order valence-corrected chi connectivity index (χ3v) is 4.68. The summed E-state index contributed by atoms with van der Waals surface area (Å²) in [6.07, 6.45) is 0. The van der Waals surface area contributed by atoms with Crippen LogP contribution in [0, 0.1) is 12.8 Å². The van der Waals surface area contributed by atoms with Crippen LogP contribution in [-0.2, 0) is 13.2 Å². The number of halogens is 1. The molecule has 0 aliphatic rings. The van der Waals surface area contributed by atoms with E-state index in [4.69, 9.17) is 4.74 Å². The number of aryl methyl sites for hydroxylation is 1. The van der Waals surface area contributed by atoms with Crippen molar-refractivity contribution in [2.24, 2.45) is 5.92 Å². The van der Waals surface area contributed by atoms with Crippen LogP contribution in [0.3, 0.4) is 0 Å². The Morgan fingerprint density at radius 1 is 1.24 bits per heavy atom. The maximum absolute atomic E-state index is 6.00. The van der Waals surface area contributed by atoms with E-state index in [1.165, 1.54) is 16.0 Å². The fourth-order valence-corrected chi connectivity index (χ4v) is 3.46. The number of rotatable bonds is 7. The molecule has 1 N–H and O–H groups in total. The van der Waals surface area contributed by atoms with Crippen molar-refractivity contribution < 1.29 is 4.74 Å². The molecule has 0 radical (unpaired) electrons. The van der Waals surface area contributed by atoms with E-state index in [9.17, 15) is 0 Å². The lowest BCUT2D eigenvalue weighted by Crippen LogP contribution is -2.19. The highest BCUT2D eigenvalue weighted by Gasteiger charge is 2.06. The Balaban J connectivity index is 2.00. The molecular weight excluding hydrogens is 346 g/mol. The monoisotopic (exact) mass is 367 g/mol. The van der Waals surface area contributed by atoms with Gasteiger partial charge in [-0.2, -0.15) is 0 Å². The van der Waals surface area contributed by atoms with E-state index in [1.54, 1.807) is 11.3 Å². The van der Waals surface area contributed by atoms with Gasteiger partial charge < -0.3 is 10.1 Å². The predicted molar refractivity (Wildman–Crippen MR) is 94.1 cm³/mol. The molecule has 1 aromatic carbocycles. The van der Waals surface area contributed by atoms with Gasteiger partial charge >= 0.3 is 0 Å². The predicted octanol–water partition coefficient (Wildman–Crippen LogP) is 5.14. The highest BCUT2D eigenvalue weighted by molar-refractivity contribution is 9.11. The van der Waals surface area contributed by atoms with Gasteiger partial charge in [-0.05, 0) is 53.5 Å². The molecule has 114 valence electrons. The second-order valence-electron chi connectivity index (χ2n) is 5.63. The fourth-order valence-electron chi connectivity index (χ4n) is 2.06. The fraction of sp³-hybridized carbons (Fsp3) is 0.412. The normalized spacial score (nSPS) is 11.1. The Morgan fingerprint density at radius 3 is 2.71 bits per heavy atom. The zero-order chi connectivity index (χ0) is 15.2. The van der Waals surface area contributed by atoms with Gasteiger partial charge in [-0.15, -0.1) is 11.3 Å². The van der Waals surface area contributed by atoms with Crippen molar-refractivity contribution in [3.63, 3.8) is 0 Å². The van der Waals surface area contributed by atoms with E-state index in [-0.39, 0.29) is 0 Å². The molecule has 0 unspecified atom stereocenters. The van der Waals surface area contributed by atoms with Crippen LogP contribution in [0.4, 0.5) is 0 Å². The van der Waals surface area contributed by atoms with Gasteiger partial charge in [-0.1, -0.05) is 31.5 Å². The van der Waals surface area contributed by atoms with Gasteiger partial charge in [0.15, 0.2) is 0 Å². The minimum atomic E-state index is 0.622. The maximum Gasteiger partial charge on any atom is 0.124 e. The molecule has 0 fully saturated rings. The van der Waals surface area contributed by atoms with Crippen LogP contribution in [0.2, 0.25) is 0 Å². The summed E-state index contributed by atoms with van der Waals surface area (Å²) in [5.41, 5.74) is 2.49. The minimum absolute atomic E-state index is 0.622. The first-order valence-electron chi connectivity index (χ1n) is 7.22. The Bertz CT molecular complexity index is 580. The highest BCUT2D eigenvalue weighted by atomic mass is 79.9. The van der Waals surface area contributed by atoms with Gasteiger partial charge in [0, 0.05) is 17.0 Å². The van der Waals surface area contributed by atoms with E-state index in [0.29, 0.717) is 12.5 Å². The lowest BCUT2D eigenvalue weighted by molar-refractivity contribution is 0.305. The SMILES string of the molecule is Cc1ccc(OCc2ccc(Br)s2)c(CNCC(C)C)c1. The highest BCUT2D eigenvalue weighted by Crippen LogP contribution is 2.25. The lowest BCUT2D eigenvalue weighted by Gasteiger charge is -2.13. The molecule has 4 heteroatoms. The first-order valence-corrected chi connectivity index (χ1v) is 8.83. The van der Waals surface area contributed by atoms with E-state index in [0.717, 1.165) is 22.6 Å². The smallest absolute Gasteiger partial charge is 0.124 e. The van der Waals surface area contributed by atoms with Gasteiger partial charge in [-0.3, -0.25) is 0 Å².